The lowest BCUT2D eigenvalue weighted by Gasteiger charge is -2.19. The fraction of sp³-hybridized carbons (Fsp3) is 0.222. The van der Waals surface area contributed by atoms with Crippen LogP contribution in [0.3, 0.4) is 0 Å². The number of hydrogen-bond acceptors (Lipinski definition) is 5. The molecule has 0 unspecified atom stereocenters. The van der Waals surface area contributed by atoms with Crippen LogP contribution in [0.15, 0.2) is 42.5 Å². The lowest BCUT2D eigenvalue weighted by atomic mass is 10.0. The van der Waals surface area contributed by atoms with E-state index in [2.05, 4.69) is 5.32 Å². The van der Waals surface area contributed by atoms with Crippen molar-refractivity contribution in [2.75, 3.05) is 5.73 Å². The number of aliphatic hydroxyl groups is 1. The zero-order valence-electron chi connectivity index (χ0n) is 14.0. The maximum atomic E-state index is 12.2. The van der Waals surface area contributed by atoms with E-state index < -0.39 is 24.0 Å². The summed E-state index contributed by atoms with van der Waals surface area (Å²) in [6, 6.07) is 11.2. The monoisotopic (exact) mass is 343 g/mol. The van der Waals surface area contributed by atoms with Gasteiger partial charge in [-0.3, -0.25) is 14.8 Å². The van der Waals surface area contributed by atoms with Gasteiger partial charge in [-0.05, 0) is 48.7 Å². The molecule has 6 N–H and O–H groups in total. The molecule has 2 atom stereocenters. The van der Waals surface area contributed by atoms with Crippen molar-refractivity contribution in [1.29, 1.82) is 0 Å². The number of nitrogens with one attached hydrogen (secondary N) is 2. The summed E-state index contributed by atoms with van der Waals surface area (Å²) in [5, 5.41) is 20.6. The van der Waals surface area contributed by atoms with Gasteiger partial charge >= 0.3 is 0 Å². The minimum Gasteiger partial charge on any atom is -0.398 e. The van der Waals surface area contributed by atoms with Crippen molar-refractivity contribution in [3.8, 4) is 11.1 Å². The number of benzene rings is 2. The molecule has 0 bridgehead atoms. The first-order valence-electron chi connectivity index (χ1n) is 7.73. The predicted molar refractivity (Wildman–Crippen MR) is 93.9 cm³/mol. The largest absolute Gasteiger partial charge is 0.398 e. The van der Waals surface area contributed by atoms with Crippen LogP contribution >= 0.6 is 0 Å². The second kappa shape index (κ2) is 7.78. The van der Waals surface area contributed by atoms with Gasteiger partial charge in [0.15, 0.2) is 0 Å². The Bertz CT molecular complexity index is 772. The molecule has 0 aromatic heterocycles. The number of aryl methyl sites for hydroxylation is 1. The molecule has 132 valence electrons. The molecule has 25 heavy (non-hydrogen) atoms. The molecular weight excluding hydrogens is 322 g/mol. The zero-order valence-corrected chi connectivity index (χ0v) is 14.0. The Morgan fingerprint density at radius 3 is 2.20 bits per heavy atom. The first kappa shape index (κ1) is 18.4. The number of aliphatic hydroxyl groups excluding tert-OH is 1. The molecule has 0 aliphatic rings. The van der Waals surface area contributed by atoms with Crippen molar-refractivity contribution in [2.45, 2.75) is 26.0 Å². The number of hydrogen-bond donors (Lipinski definition) is 5. The Kier molecular flexibility index (Phi) is 5.74. The first-order chi connectivity index (χ1) is 11.8. The summed E-state index contributed by atoms with van der Waals surface area (Å²) < 4.78 is 0. The van der Waals surface area contributed by atoms with Crippen LogP contribution < -0.4 is 16.5 Å². The van der Waals surface area contributed by atoms with Crippen LogP contribution in [0.2, 0.25) is 0 Å². The van der Waals surface area contributed by atoms with Crippen LogP contribution in [0.4, 0.5) is 5.69 Å². The van der Waals surface area contributed by atoms with Crippen molar-refractivity contribution in [3.63, 3.8) is 0 Å². The number of hydroxylamine groups is 1. The third kappa shape index (κ3) is 4.34. The van der Waals surface area contributed by atoms with E-state index in [9.17, 15) is 14.7 Å². The predicted octanol–water partition coefficient (Wildman–Crippen LogP) is 1.23. The van der Waals surface area contributed by atoms with E-state index in [0.29, 0.717) is 11.3 Å². The van der Waals surface area contributed by atoms with Crippen LogP contribution in [0.5, 0.6) is 0 Å². The fourth-order valence-electron chi connectivity index (χ4n) is 2.33. The maximum Gasteiger partial charge on any atom is 0.268 e. The average Bonchev–Trinajstić information content (AvgIpc) is 2.61. The van der Waals surface area contributed by atoms with Gasteiger partial charge in [0.05, 0.1) is 6.10 Å². The Morgan fingerprint density at radius 1 is 1.08 bits per heavy atom. The topological polar surface area (TPSA) is 125 Å². The minimum atomic E-state index is -1.26. The summed E-state index contributed by atoms with van der Waals surface area (Å²) in [6.45, 7) is 3.26. The minimum absolute atomic E-state index is 0.320. The molecule has 2 amide bonds. The van der Waals surface area contributed by atoms with Gasteiger partial charge < -0.3 is 16.2 Å². The van der Waals surface area contributed by atoms with Crippen LogP contribution in [-0.4, -0.2) is 34.3 Å². The van der Waals surface area contributed by atoms with Crippen LogP contribution in [0.25, 0.3) is 11.1 Å². The van der Waals surface area contributed by atoms with Gasteiger partial charge in [-0.15, -0.1) is 0 Å². The molecule has 2 aromatic rings. The van der Waals surface area contributed by atoms with E-state index in [4.69, 9.17) is 10.9 Å². The quantitative estimate of drug-likeness (QED) is 0.317. The molecule has 2 aromatic carbocycles. The molecule has 7 heteroatoms. The summed E-state index contributed by atoms with van der Waals surface area (Å²) in [5.41, 5.74) is 11.2. The zero-order chi connectivity index (χ0) is 18.6. The number of carbonyl (C=O) groups is 2. The first-order valence-corrected chi connectivity index (χ1v) is 7.73. The van der Waals surface area contributed by atoms with Crippen molar-refractivity contribution < 1.29 is 19.9 Å². The van der Waals surface area contributed by atoms with Crippen LogP contribution in [0.1, 0.15) is 22.8 Å². The number of anilines is 1. The van der Waals surface area contributed by atoms with E-state index in [1.54, 1.807) is 24.3 Å². The highest BCUT2D eigenvalue weighted by Gasteiger charge is 2.25. The van der Waals surface area contributed by atoms with E-state index in [1.807, 2.05) is 25.1 Å². The Hall–Kier alpha value is -2.90. The molecule has 0 aliphatic heterocycles. The van der Waals surface area contributed by atoms with Crippen molar-refractivity contribution in [2.24, 2.45) is 0 Å². The van der Waals surface area contributed by atoms with Gasteiger partial charge in [0, 0.05) is 11.3 Å². The van der Waals surface area contributed by atoms with Gasteiger partial charge in [-0.25, -0.2) is 5.48 Å². The summed E-state index contributed by atoms with van der Waals surface area (Å²) in [7, 11) is 0. The second-order valence-corrected chi connectivity index (χ2v) is 5.82. The lowest BCUT2D eigenvalue weighted by molar-refractivity contribution is -0.133. The Balaban J connectivity index is 2.17. The number of rotatable bonds is 5. The number of amides is 2. The normalized spacial score (nSPS) is 13.0. The molecular formula is C18H21N3O4. The average molecular weight is 343 g/mol. The van der Waals surface area contributed by atoms with Crippen molar-refractivity contribution in [1.82, 2.24) is 10.8 Å². The van der Waals surface area contributed by atoms with Crippen molar-refractivity contribution >= 4 is 17.5 Å². The van der Waals surface area contributed by atoms with E-state index in [-0.39, 0.29) is 0 Å². The van der Waals surface area contributed by atoms with Gasteiger partial charge in [-0.1, -0.05) is 24.3 Å². The highest BCUT2D eigenvalue weighted by Crippen LogP contribution is 2.24. The maximum absolute atomic E-state index is 12.2. The van der Waals surface area contributed by atoms with E-state index in [1.165, 1.54) is 12.4 Å². The van der Waals surface area contributed by atoms with Gasteiger partial charge in [0.1, 0.15) is 6.04 Å². The van der Waals surface area contributed by atoms with E-state index >= 15 is 0 Å². The molecule has 0 saturated heterocycles. The fourth-order valence-corrected chi connectivity index (χ4v) is 2.33. The summed E-state index contributed by atoms with van der Waals surface area (Å²) in [5.74, 6) is -1.43. The second-order valence-electron chi connectivity index (χ2n) is 5.82. The van der Waals surface area contributed by atoms with Crippen LogP contribution in [0, 0.1) is 6.92 Å². The molecule has 0 saturated carbocycles. The Morgan fingerprint density at radius 2 is 1.68 bits per heavy atom. The van der Waals surface area contributed by atoms with Crippen molar-refractivity contribution in [3.05, 3.63) is 53.6 Å². The van der Waals surface area contributed by atoms with Gasteiger partial charge in [0.2, 0.25) is 0 Å². The third-order valence-corrected chi connectivity index (χ3v) is 3.92. The number of nitrogen functional groups attached to an aromatic ring is 1. The van der Waals surface area contributed by atoms with Gasteiger partial charge in [0.25, 0.3) is 11.8 Å². The lowest BCUT2D eigenvalue weighted by Crippen LogP contribution is -2.51. The molecule has 2 rings (SSSR count). The smallest absolute Gasteiger partial charge is 0.268 e. The van der Waals surface area contributed by atoms with Gasteiger partial charge in [-0.2, -0.15) is 0 Å². The Labute approximate surface area is 145 Å². The highest BCUT2D eigenvalue weighted by molar-refractivity contribution is 5.98. The molecule has 0 spiro atoms. The number of nitrogens with two attached hydrogens (primary N) is 1. The standard InChI is InChI=1S/C18H21N3O4/c1-10-3-4-14(9-15(10)19)12-5-7-13(8-6-12)17(23)20-16(11(2)22)18(24)21-25/h3-9,11,16,22,25H,19H2,1-2H3,(H,20,23)(H,21,24)/t11-,16+/m1/s1. The third-order valence-electron chi connectivity index (χ3n) is 3.92. The summed E-state index contributed by atoms with van der Waals surface area (Å²) in [4.78, 5) is 23.7. The summed E-state index contributed by atoms with van der Waals surface area (Å²) in [6.07, 6.45) is -1.16. The molecule has 7 nitrogen and oxygen atoms in total. The molecule has 0 radical (unpaired) electrons. The molecule has 0 aliphatic carbocycles. The van der Waals surface area contributed by atoms with Crippen LogP contribution in [-0.2, 0) is 4.79 Å². The summed E-state index contributed by atoms with van der Waals surface area (Å²) >= 11 is 0. The molecule has 0 heterocycles. The SMILES string of the molecule is Cc1ccc(-c2ccc(C(=O)N[C@H](C(=O)NO)[C@@H](C)O)cc2)cc1N. The molecule has 0 fully saturated rings. The van der Waals surface area contributed by atoms with E-state index in [0.717, 1.165) is 16.7 Å². The number of carbonyl (C=O) groups excluding carboxylic acids is 2. The highest BCUT2D eigenvalue weighted by atomic mass is 16.5.